The molecule has 1 aromatic heterocycles. The van der Waals surface area contributed by atoms with Gasteiger partial charge in [-0.05, 0) is 25.8 Å². The quantitative estimate of drug-likeness (QED) is 0.801. The molecule has 1 aromatic rings. The third kappa shape index (κ3) is 3.44. The Balaban J connectivity index is 2.17. The van der Waals surface area contributed by atoms with Gasteiger partial charge >= 0.3 is 5.97 Å². The van der Waals surface area contributed by atoms with Gasteiger partial charge in [-0.15, -0.1) is 11.3 Å². The molecule has 0 aliphatic carbocycles. The number of sulfonamides is 1. The number of carbonyl (C=O) groups is 1. The highest BCUT2D eigenvalue weighted by atomic mass is 32.2. The Hall–Kier alpha value is -0.970. The number of carboxylic acids is 1. The van der Waals surface area contributed by atoms with Crippen molar-refractivity contribution in [2.45, 2.75) is 29.9 Å². The lowest BCUT2D eigenvalue weighted by Crippen LogP contribution is -2.34. The second kappa shape index (κ2) is 5.67. The lowest BCUT2D eigenvalue weighted by Gasteiger charge is -2.11. The van der Waals surface area contributed by atoms with Crippen molar-refractivity contribution in [1.82, 2.24) is 4.72 Å². The van der Waals surface area contributed by atoms with Crippen LogP contribution in [0, 0.1) is 6.92 Å². The van der Waals surface area contributed by atoms with Crippen molar-refractivity contribution in [3.8, 4) is 0 Å². The number of carboxylic acid groups (broad SMARTS) is 1. The van der Waals surface area contributed by atoms with Crippen LogP contribution in [-0.4, -0.2) is 45.5 Å². The van der Waals surface area contributed by atoms with Crippen LogP contribution in [0.2, 0.25) is 0 Å². The van der Waals surface area contributed by atoms with Crippen molar-refractivity contribution in [3.63, 3.8) is 0 Å². The van der Waals surface area contributed by atoms with Crippen LogP contribution in [-0.2, 0) is 19.9 Å². The molecule has 1 aliphatic rings. The molecule has 2 rings (SSSR count). The predicted octanol–water partition coefficient (Wildman–Crippen LogP) is 0.610. The molecule has 7 nitrogen and oxygen atoms in total. The van der Waals surface area contributed by atoms with Crippen LogP contribution in [0.1, 0.15) is 27.4 Å². The van der Waals surface area contributed by atoms with Crippen LogP contribution in [0.4, 0.5) is 0 Å². The highest BCUT2D eigenvalue weighted by Crippen LogP contribution is 2.26. The van der Waals surface area contributed by atoms with Gasteiger partial charge in [0, 0.05) is 11.4 Å². The minimum atomic E-state index is -3.91. The first-order chi connectivity index (χ1) is 9.63. The van der Waals surface area contributed by atoms with Crippen molar-refractivity contribution in [2.75, 3.05) is 12.3 Å². The monoisotopic (exact) mass is 353 g/mol. The first-order valence-corrected chi connectivity index (χ1v) is 10.2. The zero-order valence-corrected chi connectivity index (χ0v) is 13.6. The van der Waals surface area contributed by atoms with Crippen LogP contribution in [0.5, 0.6) is 0 Å². The van der Waals surface area contributed by atoms with Gasteiger partial charge in [-0.1, -0.05) is 0 Å². The van der Waals surface area contributed by atoms with Gasteiger partial charge in [-0.25, -0.2) is 26.4 Å². The molecule has 0 bridgehead atoms. The number of aromatic carboxylic acids is 1. The fourth-order valence-corrected chi connectivity index (χ4v) is 6.59. The van der Waals surface area contributed by atoms with Crippen LogP contribution in [0.3, 0.4) is 0 Å². The zero-order valence-electron chi connectivity index (χ0n) is 11.2. The van der Waals surface area contributed by atoms with E-state index in [1.54, 1.807) is 0 Å². The fourth-order valence-electron chi connectivity index (χ4n) is 2.21. The highest BCUT2D eigenvalue weighted by molar-refractivity contribution is 7.92. The third-order valence-electron chi connectivity index (χ3n) is 3.34. The van der Waals surface area contributed by atoms with Crippen LogP contribution >= 0.6 is 11.3 Å². The Kier molecular flexibility index (Phi) is 4.43. The molecule has 21 heavy (non-hydrogen) atoms. The number of nitrogens with one attached hydrogen (secondary N) is 1. The number of rotatable bonds is 5. The standard InChI is InChI=1S/C11H15NO6S3/c1-7-10(5-9(19-7)11(13)14)21(17,18)12-6-8-3-2-4-20(8,15)16/h5,8,12H,2-4,6H2,1H3,(H,13,14). The first kappa shape index (κ1) is 16.4. The summed E-state index contributed by atoms with van der Waals surface area (Å²) in [6, 6.07) is 1.09. The Morgan fingerprint density at radius 1 is 1.52 bits per heavy atom. The Labute approximate surface area is 127 Å². The minimum absolute atomic E-state index is 0.0682. The molecule has 0 aromatic carbocycles. The van der Waals surface area contributed by atoms with Crippen molar-refractivity contribution in [3.05, 3.63) is 15.8 Å². The summed E-state index contributed by atoms with van der Waals surface area (Å²) in [6.45, 7) is 1.33. The molecule has 1 fully saturated rings. The second-order valence-corrected chi connectivity index (χ2v) is 10.2. The van der Waals surface area contributed by atoms with Gasteiger partial charge in [-0.2, -0.15) is 0 Å². The molecular formula is C11H15NO6S3. The number of hydrogen-bond donors (Lipinski definition) is 2. The average molecular weight is 353 g/mol. The summed E-state index contributed by atoms with van der Waals surface area (Å²) in [7, 11) is -7.14. The molecule has 1 aliphatic heterocycles. The summed E-state index contributed by atoms with van der Waals surface area (Å²) < 4.78 is 49.9. The fraction of sp³-hybridized carbons (Fsp3) is 0.545. The van der Waals surface area contributed by atoms with Crippen molar-refractivity contribution in [1.29, 1.82) is 0 Å². The van der Waals surface area contributed by atoms with E-state index in [-0.39, 0.29) is 22.1 Å². The lowest BCUT2D eigenvalue weighted by molar-refractivity contribution is 0.0702. The summed E-state index contributed by atoms with van der Waals surface area (Å²) in [4.78, 5) is 11.0. The summed E-state index contributed by atoms with van der Waals surface area (Å²) >= 11 is 0.870. The maximum atomic E-state index is 12.2. The van der Waals surface area contributed by atoms with Gasteiger partial charge in [-0.3, -0.25) is 0 Å². The maximum Gasteiger partial charge on any atom is 0.345 e. The van der Waals surface area contributed by atoms with E-state index in [9.17, 15) is 21.6 Å². The van der Waals surface area contributed by atoms with Crippen LogP contribution in [0.15, 0.2) is 11.0 Å². The molecule has 10 heteroatoms. The van der Waals surface area contributed by atoms with Crippen molar-refractivity contribution < 1.29 is 26.7 Å². The summed E-state index contributed by atoms with van der Waals surface area (Å²) in [5.41, 5.74) is 0. The summed E-state index contributed by atoms with van der Waals surface area (Å²) in [5, 5.41) is 8.17. The van der Waals surface area contributed by atoms with Gasteiger partial charge in [0.1, 0.15) is 4.88 Å². The van der Waals surface area contributed by atoms with E-state index >= 15 is 0 Å². The number of thiophene rings is 1. The largest absolute Gasteiger partial charge is 0.477 e. The number of aryl methyl sites for hydroxylation is 1. The molecule has 0 radical (unpaired) electrons. The van der Waals surface area contributed by atoms with Crippen LogP contribution in [0.25, 0.3) is 0 Å². The van der Waals surface area contributed by atoms with Gasteiger partial charge in [0.2, 0.25) is 10.0 Å². The predicted molar refractivity (Wildman–Crippen MR) is 78.0 cm³/mol. The van der Waals surface area contributed by atoms with Gasteiger partial charge < -0.3 is 5.11 Å². The Bertz CT molecular complexity index is 762. The molecule has 1 atom stereocenters. The summed E-state index contributed by atoms with van der Waals surface area (Å²) in [5.74, 6) is -1.11. The van der Waals surface area contributed by atoms with Crippen LogP contribution < -0.4 is 4.72 Å². The molecule has 1 saturated heterocycles. The Morgan fingerprint density at radius 2 is 2.19 bits per heavy atom. The third-order valence-corrected chi connectivity index (χ3v) is 8.33. The van der Waals surface area contributed by atoms with Gasteiger partial charge in [0.25, 0.3) is 0 Å². The van der Waals surface area contributed by atoms with Crippen molar-refractivity contribution in [2.24, 2.45) is 0 Å². The zero-order chi connectivity index (χ0) is 15.8. The molecule has 0 saturated carbocycles. The number of sulfone groups is 1. The molecule has 1 unspecified atom stereocenters. The van der Waals surface area contributed by atoms with Gasteiger partial charge in [0.05, 0.1) is 15.9 Å². The van der Waals surface area contributed by atoms with E-state index in [2.05, 4.69) is 4.72 Å². The molecule has 0 amide bonds. The highest BCUT2D eigenvalue weighted by Gasteiger charge is 2.32. The van der Waals surface area contributed by atoms with E-state index in [0.29, 0.717) is 17.7 Å². The lowest BCUT2D eigenvalue weighted by atomic mass is 10.2. The van der Waals surface area contributed by atoms with E-state index in [0.717, 1.165) is 17.4 Å². The van der Waals surface area contributed by atoms with E-state index in [1.807, 2.05) is 0 Å². The average Bonchev–Trinajstić information content (AvgIpc) is 2.90. The van der Waals surface area contributed by atoms with Crippen molar-refractivity contribution >= 4 is 37.2 Å². The summed E-state index contributed by atoms with van der Waals surface area (Å²) in [6.07, 6.45) is 0.975. The molecule has 2 N–H and O–H groups in total. The molecule has 2 heterocycles. The second-order valence-electron chi connectivity index (χ2n) is 4.82. The topological polar surface area (TPSA) is 118 Å². The van der Waals surface area contributed by atoms with Gasteiger partial charge in [0.15, 0.2) is 9.84 Å². The van der Waals surface area contributed by atoms with E-state index in [4.69, 9.17) is 5.11 Å². The first-order valence-electron chi connectivity index (χ1n) is 6.18. The van der Waals surface area contributed by atoms with E-state index in [1.165, 1.54) is 6.92 Å². The Morgan fingerprint density at radius 3 is 2.67 bits per heavy atom. The maximum absolute atomic E-state index is 12.2. The smallest absolute Gasteiger partial charge is 0.345 e. The van der Waals surface area contributed by atoms with E-state index < -0.39 is 31.1 Å². The number of hydrogen-bond acceptors (Lipinski definition) is 6. The molecule has 118 valence electrons. The molecule has 0 spiro atoms. The normalized spacial score (nSPS) is 21.5. The minimum Gasteiger partial charge on any atom is -0.477 e. The molecular weight excluding hydrogens is 338 g/mol. The SMILES string of the molecule is Cc1sc(C(=O)O)cc1S(=O)(=O)NCC1CCCS1(=O)=O.